The number of pyridine rings is 1. The number of hydrogen-bond acceptors (Lipinski definition) is 4. The number of aromatic amines is 1. The maximum absolute atomic E-state index is 11.9. The molecule has 0 saturated heterocycles. The molecule has 7 heteroatoms. The predicted octanol–water partition coefficient (Wildman–Crippen LogP) is 2.82. The number of nitrogens with one attached hydrogen (secondary N) is 3. The van der Waals surface area contributed by atoms with Crippen LogP contribution in [0, 0.1) is 6.92 Å². The summed E-state index contributed by atoms with van der Waals surface area (Å²) in [7, 11) is 0. The molecule has 0 aliphatic carbocycles. The van der Waals surface area contributed by atoms with Crippen molar-refractivity contribution in [3.8, 4) is 11.4 Å². The zero-order chi connectivity index (χ0) is 15.4. The van der Waals surface area contributed by atoms with Crippen molar-refractivity contribution < 1.29 is 4.79 Å². The molecule has 0 saturated carbocycles. The van der Waals surface area contributed by atoms with Crippen LogP contribution in [0.1, 0.15) is 5.69 Å². The van der Waals surface area contributed by atoms with Crippen molar-refractivity contribution in [2.24, 2.45) is 0 Å². The first-order valence-electron chi connectivity index (χ1n) is 6.67. The fraction of sp³-hybridized carbons (Fsp3) is 0.0667. The molecular weight excluding hydrogens is 280 g/mol. The summed E-state index contributed by atoms with van der Waals surface area (Å²) < 4.78 is 0. The number of urea groups is 1. The van der Waals surface area contributed by atoms with Crippen LogP contribution >= 0.6 is 0 Å². The van der Waals surface area contributed by atoms with Gasteiger partial charge in [-0.1, -0.05) is 0 Å². The average molecular weight is 294 g/mol. The highest BCUT2D eigenvalue weighted by Gasteiger charge is 2.04. The van der Waals surface area contributed by atoms with Crippen LogP contribution in [-0.2, 0) is 0 Å². The normalized spacial score (nSPS) is 10.2. The summed E-state index contributed by atoms with van der Waals surface area (Å²) in [6.07, 6.45) is 3.06. The second-order valence-corrected chi connectivity index (χ2v) is 4.68. The largest absolute Gasteiger partial charge is 0.323 e. The van der Waals surface area contributed by atoms with Gasteiger partial charge in [-0.15, -0.1) is 0 Å². The zero-order valence-corrected chi connectivity index (χ0v) is 11.9. The van der Waals surface area contributed by atoms with Crippen molar-refractivity contribution >= 4 is 17.4 Å². The van der Waals surface area contributed by atoms with Gasteiger partial charge in [-0.25, -0.2) is 9.78 Å². The van der Waals surface area contributed by atoms with E-state index in [-0.39, 0.29) is 6.03 Å². The Morgan fingerprint density at radius 1 is 1.00 bits per heavy atom. The Hall–Kier alpha value is -3.22. The molecular formula is C15H14N6O. The van der Waals surface area contributed by atoms with Gasteiger partial charge < -0.3 is 10.6 Å². The van der Waals surface area contributed by atoms with Crippen molar-refractivity contribution in [3.63, 3.8) is 0 Å². The Kier molecular flexibility index (Phi) is 3.78. The van der Waals surface area contributed by atoms with E-state index >= 15 is 0 Å². The number of carbonyl (C=O) groups excluding carboxylic acids is 1. The SMILES string of the molecule is Cc1ccc(NC(=O)Nc2ccc(-c3ncn[nH]3)cc2)cn1. The van der Waals surface area contributed by atoms with E-state index in [1.807, 2.05) is 25.1 Å². The van der Waals surface area contributed by atoms with Crippen LogP contribution in [-0.4, -0.2) is 26.2 Å². The Morgan fingerprint density at radius 2 is 1.73 bits per heavy atom. The summed E-state index contributed by atoms with van der Waals surface area (Å²) in [5.74, 6) is 0.682. The summed E-state index contributed by atoms with van der Waals surface area (Å²) in [5.41, 5.74) is 3.11. The molecule has 0 aliphatic heterocycles. The quantitative estimate of drug-likeness (QED) is 0.692. The number of benzene rings is 1. The minimum absolute atomic E-state index is 0.321. The lowest BCUT2D eigenvalue weighted by Crippen LogP contribution is -2.19. The van der Waals surface area contributed by atoms with Gasteiger partial charge >= 0.3 is 6.03 Å². The van der Waals surface area contributed by atoms with Crippen molar-refractivity contribution in [2.75, 3.05) is 10.6 Å². The van der Waals surface area contributed by atoms with Crippen molar-refractivity contribution in [1.82, 2.24) is 20.2 Å². The third kappa shape index (κ3) is 3.26. The van der Waals surface area contributed by atoms with Gasteiger partial charge in [-0.3, -0.25) is 10.1 Å². The summed E-state index contributed by atoms with van der Waals surface area (Å²) in [6, 6.07) is 10.6. The highest BCUT2D eigenvalue weighted by atomic mass is 16.2. The van der Waals surface area contributed by atoms with Gasteiger partial charge in [0, 0.05) is 16.9 Å². The van der Waals surface area contributed by atoms with Crippen molar-refractivity contribution in [2.45, 2.75) is 6.92 Å². The first kappa shape index (κ1) is 13.7. The van der Waals surface area contributed by atoms with Crippen LogP contribution in [0.2, 0.25) is 0 Å². The molecule has 7 nitrogen and oxygen atoms in total. The number of amides is 2. The first-order chi connectivity index (χ1) is 10.7. The monoisotopic (exact) mass is 294 g/mol. The molecule has 1 aromatic carbocycles. The molecule has 2 heterocycles. The predicted molar refractivity (Wildman–Crippen MR) is 83.4 cm³/mol. The van der Waals surface area contributed by atoms with E-state index in [0.717, 1.165) is 11.3 Å². The van der Waals surface area contributed by atoms with Crippen molar-refractivity contribution in [3.05, 3.63) is 54.6 Å². The lowest BCUT2D eigenvalue weighted by Gasteiger charge is -2.08. The van der Waals surface area contributed by atoms with Crippen LogP contribution in [0.4, 0.5) is 16.2 Å². The van der Waals surface area contributed by atoms with Gasteiger partial charge in [-0.2, -0.15) is 5.10 Å². The number of nitrogens with zero attached hydrogens (tertiary/aromatic N) is 3. The fourth-order valence-corrected chi connectivity index (χ4v) is 1.89. The highest BCUT2D eigenvalue weighted by Crippen LogP contribution is 2.17. The molecule has 2 aromatic heterocycles. The molecule has 3 N–H and O–H groups in total. The number of H-pyrrole nitrogens is 1. The number of rotatable bonds is 3. The lowest BCUT2D eigenvalue weighted by atomic mass is 10.2. The topological polar surface area (TPSA) is 95.6 Å². The number of aromatic nitrogens is 4. The lowest BCUT2D eigenvalue weighted by molar-refractivity contribution is 0.262. The van der Waals surface area contributed by atoms with Gasteiger partial charge in [-0.05, 0) is 43.3 Å². The third-order valence-electron chi connectivity index (χ3n) is 3.00. The summed E-state index contributed by atoms with van der Waals surface area (Å²) >= 11 is 0. The first-order valence-corrected chi connectivity index (χ1v) is 6.67. The molecule has 110 valence electrons. The molecule has 2 amide bonds. The van der Waals surface area contributed by atoms with Crippen LogP contribution < -0.4 is 10.6 Å². The Bertz CT molecular complexity index is 750. The van der Waals surface area contributed by atoms with Crippen molar-refractivity contribution in [1.29, 1.82) is 0 Å². The molecule has 0 radical (unpaired) electrons. The number of anilines is 2. The Labute approximate surface area is 126 Å². The van der Waals surface area contributed by atoms with Gasteiger partial charge in [0.25, 0.3) is 0 Å². The fourth-order valence-electron chi connectivity index (χ4n) is 1.89. The van der Waals surface area contributed by atoms with Crippen LogP contribution in [0.5, 0.6) is 0 Å². The van der Waals surface area contributed by atoms with Crippen LogP contribution in [0.25, 0.3) is 11.4 Å². The van der Waals surface area contributed by atoms with Crippen LogP contribution in [0.3, 0.4) is 0 Å². The smallest absolute Gasteiger partial charge is 0.308 e. The molecule has 0 fully saturated rings. The van der Waals surface area contributed by atoms with E-state index in [9.17, 15) is 4.79 Å². The van der Waals surface area contributed by atoms with Gasteiger partial charge in [0.15, 0.2) is 5.82 Å². The average Bonchev–Trinajstić information content (AvgIpc) is 3.05. The highest BCUT2D eigenvalue weighted by molar-refractivity contribution is 5.99. The Balaban J connectivity index is 1.63. The molecule has 22 heavy (non-hydrogen) atoms. The van der Waals surface area contributed by atoms with E-state index < -0.39 is 0 Å². The number of hydrogen-bond donors (Lipinski definition) is 3. The van der Waals surface area contributed by atoms with E-state index in [1.165, 1.54) is 6.33 Å². The van der Waals surface area contributed by atoms with Gasteiger partial charge in [0.2, 0.25) is 0 Å². The number of aryl methyl sites for hydroxylation is 1. The second-order valence-electron chi connectivity index (χ2n) is 4.68. The molecule has 0 bridgehead atoms. The molecule has 0 aliphatic rings. The minimum Gasteiger partial charge on any atom is -0.308 e. The maximum Gasteiger partial charge on any atom is 0.323 e. The molecule has 0 spiro atoms. The maximum atomic E-state index is 11.9. The number of carbonyl (C=O) groups is 1. The van der Waals surface area contributed by atoms with Gasteiger partial charge in [0.05, 0.1) is 11.9 Å². The van der Waals surface area contributed by atoms with E-state index in [1.54, 1.807) is 24.4 Å². The van der Waals surface area contributed by atoms with E-state index in [0.29, 0.717) is 17.2 Å². The molecule has 3 rings (SSSR count). The molecule has 0 atom stereocenters. The second kappa shape index (κ2) is 6.04. The molecule has 3 aromatic rings. The van der Waals surface area contributed by atoms with E-state index in [2.05, 4.69) is 30.8 Å². The van der Waals surface area contributed by atoms with Gasteiger partial charge in [0.1, 0.15) is 6.33 Å². The van der Waals surface area contributed by atoms with E-state index in [4.69, 9.17) is 0 Å². The third-order valence-corrected chi connectivity index (χ3v) is 3.00. The summed E-state index contributed by atoms with van der Waals surface area (Å²) in [5, 5.41) is 12.1. The van der Waals surface area contributed by atoms with Crippen LogP contribution in [0.15, 0.2) is 48.9 Å². The minimum atomic E-state index is -0.321. The standard InChI is InChI=1S/C15H14N6O/c1-10-2-5-13(8-16-10)20-15(22)19-12-6-3-11(4-7-12)14-17-9-18-21-14/h2-9H,1H3,(H,17,18,21)(H2,19,20,22). The summed E-state index contributed by atoms with van der Waals surface area (Å²) in [4.78, 5) is 20.1. The molecule has 0 unspecified atom stereocenters. The Morgan fingerprint density at radius 3 is 2.36 bits per heavy atom. The summed E-state index contributed by atoms with van der Waals surface area (Å²) in [6.45, 7) is 1.89. The zero-order valence-electron chi connectivity index (χ0n) is 11.9.